The minimum atomic E-state index is -0.979. The summed E-state index contributed by atoms with van der Waals surface area (Å²) in [7, 11) is 6.93. The number of urea groups is 1. The van der Waals surface area contributed by atoms with E-state index < -0.39 is 22.2 Å². The van der Waals surface area contributed by atoms with Gasteiger partial charge in [-0.25, -0.2) is 24.8 Å². The summed E-state index contributed by atoms with van der Waals surface area (Å²) < 4.78 is 0. The molecular formula is C93H133ClN18O5. The Hall–Kier alpha value is -8.80. The van der Waals surface area contributed by atoms with Gasteiger partial charge in [0.2, 0.25) is 0 Å². The first kappa shape index (κ1) is 87.5. The van der Waals surface area contributed by atoms with Crippen molar-refractivity contribution in [3.05, 3.63) is 150 Å². The van der Waals surface area contributed by atoms with Crippen molar-refractivity contribution >= 4 is 70.8 Å². The molecule has 23 nitrogen and oxygen atoms in total. The second-order valence-corrected chi connectivity index (χ2v) is 36.4. The molecule has 10 aliphatic rings. The van der Waals surface area contributed by atoms with E-state index in [1.807, 2.05) is 104 Å². The molecular weight excluding hydrogens is 1480 g/mol. The molecule has 632 valence electrons. The molecule has 6 heterocycles. The highest BCUT2D eigenvalue weighted by Crippen LogP contribution is 2.45. The zero-order chi connectivity index (χ0) is 82.5. The number of hydrogen-bond acceptors (Lipinski definition) is 17. The number of rotatable bonds is 25. The first-order chi connectivity index (χ1) is 56.5. The fourth-order valence-corrected chi connectivity index (χ4v) is 20.8. The Morgan fingerprint density at radius 1 is 0.419 bits per heavy atom. The summed E-state index contributed by atoms with van der Waals surface area (Å²) in [4.78, 5) is 97.9. The maximum Gasteiger partial charge on any atom is 0.319 e. The summed E-state index contributed by atoms with van der Waals surface area (Å²) in [5.41, 5.74) is 27.3. The van der Waals surface area contributed by atoms with Crippen LogP contribution >= 0.6 is 11.6 Å². The predicted octanol–water partition coefficient (Wildman–Crippen LogP) is 15.7. The lowest BCUT2D eigenvalue weighted by Gasteiger charge is -2.35. The van der Waals surface area contributed by atoms with Crippen molar-refractivity contribution in [1.29, 1.82) is 0 Å². The third-order valence-electron chi connectivity index (χ3n) is 27.5. The number of carbonyl (C=O) groups is 5. The lowest BCUT2D eigenvalue weighted by atomic mass is 9.74. The van der Waals surface area contributed by atoms with Gasteiger partial charge in [-0.1, -0.05) is 195 Å². The monoisotopic (exact) mass is 1620 g/mol. The molecule has 0 saturated heterocycles. The van der Waals surface area contributed by atoms with Crippen LogP contribution in [0.1, 0.15) is 255 Å². The number of nitrogens with two attached hydrogens (primary N) is 4. The van der Waals surface area contributed by atoms with Crippen molar-refractivity contribution in [1.82, 2.24) is 45.5 Å². The van der Waals surface area contributed by atoms with Crippen LogP contribution < -0.4 is 44.2 Å². The molecule has 24 heteroatoms. The van der Waals surface area contributed by atoms with Crippen LogP contribution in [-0.4, -0.2) is 146 Å². The summed E-state index contributed by atoms with van der Waals surface area (Å²) in [6, 6.07) is 34.0. The van der Waals surface area contributed by atoms with E-state index in [0.717, 1.165) is 144 Å². The Labute approximate surface area is 700 Å². The molecule has 117 heavy (non-hydrogen) atoms. The van der Waals surface area contributed by atoms with E-state index in [1.54, 1.807) is 44.9 Å². The zero-order valence-electron chi connectivity index (χ0n) is 70.4. The Balaban J connectivity index is 0.000000145. The summed E-state index contributed by atoms with van der Waals surface area (Å²) >= 11 is 6.05. The number of benzene rings is 3. The van der Waals surface area contributed by atoms with Crippen LogP contribution in [0.2, 0.25) is 5.02 Å². The van der Waals surface area contributed by atoms with Gasteiger partial charge in [0.05, 0.1) is 0 Å². The number of pyridine rings is 2. The van der Waals surface area contributed by atoms with Gasteiger partial charge in [0.1, 0.15) is 16.6 Å². The van der Waals surface area contributed by atoms with Crippen LogP contribution in [0.15, 0.2) is 148 Å². The van der Waals surface area contributed by atoms with Crippen molar-refractivity contribution in [2.24, 2.45) is 78.4 Å². The van der Waals surface area contributed by atoms with E-state index in [9.17, 15) is 24.0 Å². The van der Waals surface area contributed by atoms with Crippen molar-refractivity contribution in [3.8, 4) is 11.1 Å². The number of aromatic nitrogens is 2. The maximum atomic E-state index is 13.3. The number of nitrogens with one attached hydrogen (secondary N) is 4. The van der Waals surface area contributed by atoms with E-state index in [1.165, 1.54) is 156 Å². The minimum absolute atomic E-state index is 0.0488. The van der Waals surface area contributed by atoms with Gasteiger partial charge in [0.25, 0.3) is 23.6 Å². The van der Waals surface area contributed by atoms with Crippen LogP contribution in [0, 0.1) is 35.5 Å². The van der Waals surface area contributed by atoms with E-state index in [-0.39, 0.29) is 41.7 Å². The second-order valence-electron chi connectivity index (χ2n) is 36.0. The van der Waals surface area contributed by atoms with Crippen LogP contribution in [0.5, 0.6) is 0 Å². The number of nitrogens with zero attached hydrogens (tertiary/aromatic N) is 10. The summed E-state index contributed by atoms with van der Waals surface area (Å²) in [5, 5.41) is 14.2. The van der Waals surface area contributed by atoms with E-state index in [4.69, 9.17) is 49.5 Å². The van der Waals surface area contributed by atoms with Crippen LogP contribution in [0.4, 0.5) is 10.5 Å². The molecule has 6 fully saturated rings. The lowest BCUT2D eigenvalue weighted by Crippen LogP contribution is -2.45. The van der Waals surface area contributed by atoms with Gasteiger partial charge in [-0.3, -0.25) is 48.7 Å². The van der Waals surface area contributed by atoms with Gasteiger partial charge in [0, 0.05) is 94.9 Å². The number of amides is 6. The number of hydrogen-bond donors (Lipinski definition) is 8. The van der Waals surface area contributed by atoms with Gasteiger partial charge in [-0.2, -0.15) is 0 Å². The molecule has 0 bridgehead atoms. The molecule has 4 aliphatic heterocycles. The molecule has 12 N–H and O–H groups in total. The van der Waals surface area contributed by atoms with Gasteiger partial charge >= 0.3 is 6.03 Å². The summed E-state index contributed by atoms with van der Waals surface area (Å²) in [6.45, 7) is 3.53. The topological polar surface area (TPSA) is 326 Å². The average Bonchev–Trinajstić information content (AvgIpc) is 1.63. The zero-order valence-corrected chi connectivity index (χ0v) is 71.1. The Bertz CT molecular complexity index is 4100. The number of halogens is 1. The molecule has 0 spiro atoms. The maximum absolute atomic E-state index is 13.3. The molecule has 1 unspecified atom stereocenters. The Morgan fingerprint density at radius 3 is 1.17 bits per heavy atom. The molecule has 3 aromatic carbocycles. The number of carbonyl (C=O) groups excluding carboxylic acids is 5. The van der Waals surface area contributed by atoms with Crippen LogP contribution in [0.25, 0.3) is 11.1 Å². The summed E-state index contributed by atoms with van der Waals surface area (Å²) in [5.74, 6) is 5.12. The molecule has 6 saturated carbocycles. The van der Waals surface area contributed by atoms with E-state index in [2.05, 4.69) is 60.5 Å². The van der Waals surface area contributed by atoms with Crippen molar-refractivity contribution in [2.75, 3.05) is 33.5 Å². The molecule has 6 aliphatic carbocycles. The third-order valence-corrected chi connectivity index (χ3v) is 27.7. The first-order valence-electron chi connectivity index (χ1n) is 44.3. The highest BCUT2D eigenvalue weighted by molar-refractivity contribution is 6.30. The van der Waals surface area contributed by atoms with Gasteiger partial charge in [0.15, 0.2) is 29.4 Å². The smallest absolute Gasteiger partial charge is 0.319 e. The van der Waals surface area contributed by atoms with Gasteiger partial charge in [-0.05, 0) is 221 Å². The number of anilines is 1. The molecule has 5 aromatic rings. The van der Waals surface area contributed by atoms with Crippen molar-refractivity contribution < 1.29 is 24.0 Å². The normalized spacial score (nSPS) is 27.8. The van der Waals surface area contributed by atoms with Crippen molar-refractivity contribution in [2.45, 2.75) is 291 Å². The largest absolute Gasteiger partial charge is 0.369 e. The second kappa shape index (κ2) is 41.3. The minimum Gasteiger partial charge on any atom is -0.369 e. The molecule has 15 rings (SSSR count). The Kier molecular flexibility index (Phi) is 30.9. The number of para-hydroxylation sites is 1. The molecule has 2 aromatic heterocycles. The number of aliphatic imine (C=N–C) groups is 4. The lowest BCUT2D eigenvalue weighted by molar-refractivity contribution is -0.132. The Morgan fingerprint density at radius 2 is 0.786 bits per heavy atom. The van der Waals surface area contributed by atoms with E-state index >= 15 is 0 Å². The molecule has 10 atom stereocenters. The van der Waals surface area contributed by atoms with Crippen molar-refractivity contribution in [3.63, 3.8) is 0 Å². The quantitative estimate of drug-likeness (QED) is 0.0270. The first-order valence-corrected chi connectivity index (χ1v) is 44.6. The predicted molar refractivity (Wildman–Crippen MR) is 469 cm³/mol. The third kappa shape index (κ3) is 23.2. The highest BCUT2D eigenvalue weighted by atomic mass is 35.5. The fraction of sp³-hybridized carbons (Fsp3) is 0.602. The number of likely N-dealkylation sites (N-methyl/N-ethyl adjacent to an activating group) is 4. The summed E-state index contributed by atoms with van der Waals surface area (Å²) in [6.07, 6.45) is 48.7. The average molecular weight is 1620 g/mol. The molecule has 0 radical (unpaired) electrons. The SMILES string of the molecule is CN1C(=O)C(C)(c2cccc(-c3cccc(Cl)c3)c2)N=C1N.CN1C(=O)[C@@](CCC2CCCCC2)(C[C@H]2CCC[C@@H](NC(=O)Nc3ccccc3)C2)N=C1N.CN1C(=O)[C@@](CCC2CCCCC2)(C[C@H]2CCC[C@@H](NCc3ccncc3)C2)N=C1N.CN1C(=O)[C@@](CCC2CCCCC2)(C[C@H]2CCC[C@H](NCc3ccncc3)C2)N=C1N. The van der Waals surface area contributed by atoms with Gasteiger partial charge < -0.3 is 44.2 Å². The number of guanidine groups is 4. The van der Waals surface area contributed by atoms with Gasteiger partial charge in [-0.15, -0.1) is 0 Å². The van der Waals surface area contributed by atoms with E-state index in [0.29, 0.717) is 58.7 Å². The van der Waals surface area contributed by atoms with Crippen LogP contribution in [-0.2, 0) is 37.8 Å². The standard InChI is InChI=1S/C26H39N5O2.2C25H39N5O.C17H16ClN3O/c1-31-23(32)26(30-24(31)27,16-15-19-9-4-2-5-10-19)18-20-11-8-14-22(17-20)29-25(33)28-21-12-6-3-7-13-21;2*1-30-23(31)25(29-24(30)26,13-10-19-6-3-2-4-7-19)17-21-8-5-9-22(16-21)28-18-20-11-14-27-15-12-20;1-17(15(22)21(2)16(19)20-17)13-7-3-5-11(9-13)12-6-4-8-14(18)10-12/h3,6-7,12-13,19-20,22H,2,4-5,8-11,14-18H2,1H3,(H2,27,30)(H2,28,29,33);2*11-12,14-15,19,21-22,28H,2-10,13,16-18H2,1H3,(H2,26,29);3-10H,1-2H3,(H2,19,20)/t20-,22+,26+;21-,22+,25+;21-,22-,25+;/m000./s1. The van der Waals surface area contributed by atoms with Crippen LogP contribution in [0.3, 0.4) is 0 Å². The fourth-order valence-electron chi connectivity index (χ4n) is 20.6. The highest BCUT2D eigenvalue weighted by Gasteiger charge is 2.52. The molecule has 6 amide bonds.